The van der Waals surface area contributed by atoms with Gasteiger partial charge in [0.1, 0.15) is 5.75 Å². The molecule has 24 heavy (non-hydrogen) atoms. The van der Waals surface area contributed by atoms with Gasteiger partial charge < -0.3 is 15.8 Å². The van der Waals surface area contributed by atoms with Crippen molar-refractivity contribution >= 4 is 23.4 Å². The highest BCUT2D eigenvalue weighted by Crippen LogP contribution is 2.30. The molecule has 2 rings (SSSR count). The van der Waals surface area contributed by atoms with Gasteiger partial charge in [-0.15, -0.1) is 0 Å². The van der Waals surface area contributed by atoms with Crippen molar-refractivity contribution in [1.82, 2.24) is 5.32 Å². The molecule has 0 radical (unpaired) electrons. The average Bonchev–Trinajstić information content (AvgIpc) is 2.58. The molecule has 0 saturated heterocycles. The third kappa shape index (κ3) is 5.59. The van der Waals surface area contributed by atoms with E-state index in [1.807, 2.05) is 36.4 Å². The number of hydrogen-bond acceptors (Lipinski definition) is 3. The van der Waals surface area contributed by atoms with Gasteiger partial charge in [0.25, 0.3) is 5.91 Å². The van der Waals surface area contributed by atoms with Crippen LogP contribution < -0.4 is 15.8 Å². The van der Waals surface area contributed by atoms with E-state index >= 15 is 0 Å². The standard InChI is InChI=1S/C18H19ClN2O3/c19-15-11-14(13-5-2-1-3-6-13)8-9-16(15)24-12-18(23)21-10-4-7-17(20)22/h1-3,5-6,8-9,11H,4,7,10,12H2,(H2,20,22)(H,21,23). The van der Waals surface area contributed by atoms with Crippen molar-refractivity contribution in [1.29, 1.82) is 0 Å². The number of carbonyl (C=O) groups excluding carboxylic acids is 2. The monoisotopic (exact) mass is 346 g/mol. The van der Waals surface area contributed by atoms with Crippen molar-refractivity contribution in [3.8, 4) is 16.9 Å². The summed E-state index contributed by atoms with van der Waals surface area (Å²) in [6, 6.07) is 15.3. The van der Waals surface area contributed by atoms with Crippen LogP contribution in [0.1, 0.15) is 12.8 Å². The Morgan fingerprint density at radius 3 is 2.50 bits per heavy atom. The van der Waals surface area contributed by atoms with Crippen molar-refractivity contribution in [3.05, 3.63) is 53.6 Å². The van der Waals surface area contributed by atoms with Crippen LogP contribution in [0.15, 0.2) is 48.5 Å². The molecule has 0 unspecified atom stereocenters. The Labute approximate surface area is 145 Å². The van der Waals surface area contributed by atoms with Gasteiger partial charge >= 0.3 is 0 Å². The molecule has 0 heterocycles. The molecule has 0 aliphatic carbocycles. The molecule has 126 valence electrons. The molecule has 2 aromatic carbocycles. The second kappa shape index (κ2) is 8.93. The minimum Gasteiger partial charge on any atom is -0.482 e. The quantitative estimate of drug-likeness (QED) is 0.721. The van der Waals surface area contributed by atoms with Crippen molar-refractivity contribution in [3.63, 3.8) is 0 Å². The van der Waals surface area contributed by atoms with Crippen molar-refractivity contribution < 1.29 is 14.3 Å². The minimum absolute atomic E-state index is 0.138. The summed E-state index contributed by atoms with van der Waals surface area (Å²) >= 11 is 6.22. The number of ether oxygens (including phenoxy) is 1. The molecule has 0 spiro atoms. The first kappa shape index (κ1) is 17.8. The van der Waals surface area contributed by atoms with E-state index in [2.05, 4.69) is 5.32 Å². The highest BCUT2D eigenvalue weighted by atomic mass is 35.5. The molecule has 5 nitrogen and oxygen atoms in total. The first-order valence-corrected chi connectivity index (χ1v) is 7.97. The Morgan fingerprint density at radius 2 is 1.83 bits per heavy atom. The maximum atomic E-state index is 11.7. The molecular weight excluding hydrogens is 328 g/mol. The van der Waals surface area contributed by atoms with Gasteiger partial charge in [0, 0.05) is 13.0 Å². The van der Waals surface area contributed by atoms with Crippen molar-refractivity contribution in [2.24, 2.45) is 5.73 Å². The van der Waals surface area contributed by atoms with E-state index in [0.29, 0.717) is 23.7 Å². The maximum Gasteiger partial charge on any atom is 0.257 e. The number of nitrogens with two attached hydrogens (primary N) is 1. The Balaban J connectivity index is 1.85. The Kier molecular flexibility index (Phi) is 6.63. The fourth-order valence-electron chi connectivity index (χ4n) is 2.11. The van der Waals surface area contributed by atoms with Gasteiger partial charge in [-0.3, -0.25) is 9.59 Å². The molecule has 0 aliphatic heterocycles. The van der Waals surface area contributed by atoms with Gasteiger partial charge in [0.05, 0.1) is 5.02 Å². The van der Waals surface area contributed by atoms with Gasteiger partial charge in [0.15, 0.2) is 6.61 Å². The number of amides is 2. The zero-order chi connectivity index (χ0) is 17.4. The van der Waals surface area contributed by atoms with Gasteiger partial charge in [-0.1, -0.05) is 48.0 Å². The number of benzene rings is 2. The van der Waals surface area contributed by atoms with E-state index in [-0.39, 0.29) is 24.8 Å². The second-order valence-corrected chi connectivity index (χ2v) is 5.63. The van der Waals surface area contributed by atoms with E-state index in [1.165, 1.54) is 0 Å². The summed E-state index contributed by atoms with van der Waals surface area (Å²) in [5.74, 6) is -0.211. The summed E-state index contributed by atoms with van der Waals surface area (Å²) in [7, 11) is 0. The third-order valence-corrected chi connectivity index (χ3v) is 3.62. The van der Waals surface area contributed by atoms with E-state index in [4.69, 9.17) is 22.1 Å². The fourth-order valence-corrected chi connectivity index (χ4v) is 2.35. The van der Waals surface area contributed by atoms with Gasteiger partial charge in [-0.05, 0) is 29.7 Å². The zero-order valence-corrected chi connectivity index (χ0v) is 13.9. The Morgan fingerprint density at radius 1 is 1.08 bits per heavy atom. The van der Waals surface area contributed by atoms with Crippen LogP contribution >= 0.6 is 11.6 Å². The molecule has 0 fully saturated rings. The lowest BCUT2D eigenvalue weighted by molar-refractivity contribution is -0.123. The molecule has 0 aliphatic rings. The van der Waals surface area contributed by atoms with Crippen molar-refractivity contribution in [2.75, 3.05) is 13.2 Å². The van der Waals surface area contributed by atoms with E-state index in [1.54, 1.807) is 12.1 Å². The lowest BCUT2D eigenvalue weighted by Gasteiger charge is -2.10. The third-order valence-electron chi connectivity index (χ3n) is 3.32. The predicted molar refractivity (Wildman–Crippen MR) is 93.8 cm³/mol. The molecule has 6 heteroatoms. The predicted octanol–water partition coefficient (Wildman–Crippen LogP) is 2.77. The number of carbonyl (C=O) groups is 2. The number of hydrogen-bond donors (Lipinski definition) is 2. The van der Waals surface area contributed by atoms with Gasteiger partial charge in [0.2, 0.25) is 5.91 Å². The van der Waals surface area contributed by atoms with Crippen LogP contribution in [-0.4, -0.2) is 25.0 Å². The maximum absolute atomic E-state index is 11.7. The highest BCUT2D eigenvalue weighted by Gasteiger charge is 2.07. The molecule has 2 aromatic rings. The number of nitrogens with one attached hydrogen (secondary N) is 1. The van der Waals surface area contributed by atoms with Crippen LogP contribution in [-0.2, 0) is 9.59 Å². The first-order valence-electron chi connectivity index (χ1n) is 7.59. The molecule has 0 atom stereocenters. The summed E-state index contributed by atoms with van der Waals surface area (Å²) in [6.45, 7) is 0.243. The second-order valence-electron chi connectivity index (χ2n) is 5.22. The van der Waals surface area contributed by atoms with Crippen LogP contribution in [0.2, 0.25) is 5.02 Å². The minimum atomic E-state index is -0.384. The number of primary amides is 1. The molecule has 0 aromatic heterocycles. The van der Waals surface area contributed by atoms with Crippen LogP contribution in [0.25, 0.3) is 11.1 Å². The van der Waals surface area contributed by atoms with E-state index in [9.17, 15) is 9.59 Å². The SMILES string of the molecule is NC(=O)CCCNC(=O)COc1ccc(-c2ccccc2)cc1Cl. The van der Waals surface area contributed by atoms with Gasteiger partial charge in [-0.25, -0.2) is 0 Å². The molecule has 2 amide bonds. The van der Waals surface area contributed by atoms with Crippen molar-refractivity contribution in [2.45, 2.75) is 12.8 Å². The van der Waals surface area contributed by atoms with E-state index in [0.717, 1.165) is 11.1 Å². The van der Waals surface area contributed by atoms with Crippen LogP contribution in [0, 0.1) is 0 Å². The first-order chi connectivity index (χ1) is 11.6. The highest BCUT2D eigenvalue weighted by molar-refractivity contribution is 6.32. The Hall–Kier alpha value is -2.53. The summed E-state index contributed by atoms with van der Waals surface area (Å²) in [5, 5.41) is 3.09. The zero-order valence-electron chi connectivity index (χ0n) is 13.1. The van der Waals surface area contributed by atoms with E-state index < -0.39 is 0 Å². The molecule has 3 N–H and O–H groups in total. The van der Waals surface area contributed by atoms with Gasteiger partial charge in [-0.2, -0.15) is 0 Å². The normalized spacial score (nSPS) is 10.2. The summed E-state index contributed by atoms with van der Waals surface area (Å²) in [4.78, 5) is 22.3. The fraction of sp³-hybridized carbons (Fsp3) is 0.222. The Bertz CT molecular complexity index is 705. The summed E-state index contributed by atoms with van der Waals surface area (Å²) in [6.07, 6.45) is 0.752. The summed E-state index contributed by atoms with van der Waals surface area (Å²) in [5.41, 5.74) is 7.05. The topological polar surface area (TPSA) is 81.4 Å². The molecule has 0 bridgehead atoms. The number of rotatable bonds is 8. The average molecular weight is 347 g/mol. The molecule has 0 saturated carbocycles. The van der Waals surface area contributed by atoms with Crippen LogP contribution in [0.5, 0.6) is 5.75 Å². The summed E-state index contributed by atoms with van der Waals surface area (Å²) < 4.78 is 5.43. The van der Waals surface area contributed by atoms with Crippen LogP contribution in [0.4, 0.5) is 0 Å². The molecular formula is C18H19ClN2O3. The lowest BCUT2D eigenvalue weighted by Crippen LogP contribution is -2.30. The lowest BCUT2D eigenvalue weighted by atomic mass is 10.1. The smallest absolute Gasteiger partial charge is 0.257 e. The largest absolute Gasteiger partial charge is 0.482 e. The number of halogens is 1. The van der Waals surface area contributed by atoms with Crippen LogP contribution in [0.3, 0.4) is 0 Å².